The monoisotopic (exact) mass is 212 g/mol. The zero-order valence-corrected chi connectivity index (χ0v) is 8.50. The van der Waals surface area contributed by atoms with Gasteiger partial charge in [0.15, 0.2) is 17.8 Å². The second-order valence-electron chi connectivity index (χ2n) is 3.13. The Morgan fingerprint density at radius 1 is 1.53 bits per heavy atom. The Morgan fingerprint density at radius 3 is 2.87 bits per heavy atom. The SMILES string of the molecule is CCCCOc1ccc(F)c(C=O)c1O. The molecule has 0 aliphatic carbocycles. The van der Waals surface area contributed by atoms with Crippen molar-refractivity contribution in [3.05, 3.63) is 23.5 Å². The number of ether oxygens (including phenoxy) is 1. The van der Waals surface area contributed by atoms with Crippen LogP contribution in [-0.2, 0) is 0 Å². The second-order valence-corrected chi connectivity index (χ2v) is 3.13. The molecule has 0 heterocycles. The first-order valence-electron chi connectivity index (χ1n) is 4.80. The second kappa shape index (κ2) is 5.34. The van der Waals surface area contributed by atoms with Crippen LogP contribution in [0.5, 0.6) is 11.5 Å². The predicted molar refractivity (Wildman–Crippen MR) is 53.9 cm³/mol. The van der Waals surface area contributed by atoms with Gasteiger partial charge in [0.05, 0.1) is 12.2 Å². The average Bonchev–Trinajstić information content (AvgIpc) is 2.22. The summed E-state index contributed by atoms with van der Waals surface area (Å²) in [5.74, 6) is -1.03. The Morgan fingerprint density at radius 2 is 2.27 bits per heavy atom. The standard InChI is InChI=1S/C11H13FO3/c1-2-3-6-15-10-5-4-9(12)8(7-13)11(10)14/h4-5,7,14H,2-3,6H2,1H3. The smallest absolute Gasteiger partial charge is 0.171 e. The lowest BCUT2D eigenvalue weighted by atomic mass is 10.2. The highest BCUT2D eigenvalue weighted by Crippen LogP contribution is 2.30. The molecule has 4 heteroatoms. The number of halogens is 1. The van der Waals surface area contributed by atoms with Crippen LogP contribution in [0.3, 0.4) is 0 Å². The van der Waals surface area contributed by atoms with E-state index in [0.717, 1.165) is 18.9 Å². The number of aromatic hydroxyl groups is 1. The number of hydrogen-bond acceptors (Lipinski definition) is 3. The van der Waals surface area contributed by atoms with Crippen LogP contribution in [0.25, 0.3) is 0 Å². The summed E-state index contributed by atoms with van der Waals surface area (Å²) >= 11 is 0. The fraction of sp³-hybridized carbons (Fsp3) is 0.364. The van der Waals surface area contributed by atoms with Gasteiger partial charge >= 0.3 is 0 Å². The fourth-order valence-corrected chi connectivity index (χ4v) is 1.12. The molecule has 82 valence electrons. The van der Waals surface area contributed by atoms with Gasteiger partial charge in [-0.05, 0) is 18.6 Å². The summed E-state index contributed by atoms with van der Waals surface area (Å²) in [7, 11) is 0. The molecule has 0 saturated heterocycles. The van der Waals surface area contributed by atoms with Crippen molar-refractivity contribution in [3.63, 3.8) is 0 Å². The number of benzene rings is 1. The largest absolute Gasteiger partial charge is 0.504 e. The van der Waals surface area contributed by atoms with Crippen molar-refractivity contribution in [2.45, 2.75) is 19.8 Å². The molecule has 0 aliphatic rings. The maximum atomic E-state index is 13.0. The topological polar surface area (TPSA) is 46.5 Å². The Bertz CT molecular complexity index is 350. The average molecular weight is 212 g/mol. The minimum absolute atomic E-state index is 0.145. The summed E-state index contributed by atoms with van der Waals surface area (Å²) in [4.78, 5) is 10.5. The molecule has 0 radical (unpaired) electrons. The quantitative estimate of drug-likeness (QED) is 0.602. The van der Waals surface area contributed by atoms with Crippen molar-refractivity contribution in [2.24, 2.45) is 0 Å². The first-order valence-corrected chi connectivity index (χ1v) is 4.80. The van der Waals surface area contributed by atoms with Crippen LogP contribution in [0, 0.1) is 5.82 Å². The Hall–Kier alpha value is -1.58. The Kier molecular flexibility index (Phi) is 4.09. The van der Waals surface area contributed by atoms with Crippen molar-refractivity contribution < 1.29 is 19.0 Å². The van der Waals surface area contributed by atoms with E-state index in [0.29, 0.717) is 6.61 Å². The summed E-state index contributed by atoms with van der Waals surface area (Å²) in [6, 6.07) is 2.41. The van der Waals surface area contributed by atoms with Gasteiger partial charge in [-0.15, -0.1) is 0 Å². The Balaban J connectivity index is 2.85. The highest BCUT2D eigenvalue weighted by Gasteiger charge is 2.12. The summed E-state index contributed by atoms with van der Waals surface area (Å²) in [6.07, 6.45) is 2.08. The molecule has 1 aromatic carbocycles. The molecular weight excluding hydrogens is 199 g/mol. The number of hydrogen-bond donors (Lipinski definition) is 1. The zero-order valence-electron chi connectivity index (χ0n) is 8.50. The molecule has 15 heavy (non-hydrogen) atoms. The molecule has 1 N–H and O–H groups in total. The third kappa shape index (κ3) is 2.68. The minimum Gasteiger partial charge on any atom is -0.504 e. The lowest BCUT2D eigenvalue weighted by molar-refractivity contribution is 0.111. The highest BCUT2D eigenvalue weighted by atomic mass is 19.1. The normalized spacial score (nSPS) is 10.0. The van der Waals surface area contributed by atoms with E-state index in [1.165, 1.54) is 6.07 Å². The van der Waals surface area contributed by atoms with Crippen LogP contribution in [0.1, 0.15) is 30.1 Å². The molecule has 0 spiro atoms. The molecule has 0 fully saturated rings. The van der Waals surface area contributed by atoms with E-state index in [2.05, 4.69) is 0 Å². The molecule has 3 nitrogen and oxygen atoms in total. The van der Waals surface area contributed by atoms with E-state index in [-0.39, 0.29) is 17.6 Å². The summed E-state index contributed by atoms with van der Waals surface area (Å²) in [5.41, 5.74) is -0.357. The molecular formula is C11H13FO3. The van der Waals surface area contributed by atoms with Crippen molar-refractivity contribution in [1.82, 2.24) is 0 Å². The van der Waals surface area contributed by atoms with Gasteiger partial charge in [-0.25, -0.2) is 4.39 Å². The highest BCUT2D eigenvalue weighted by molar-refractivity contribution is 5.81. The molecule has 0 unspecified atom stereocenters. The van der Waals surface area contributed by atoms with Crippen LogP contribution in [0.2, 0.25) is 0 Å². The third-order valence-corrected chi connectivity index (χ3v) is 2.00. The number of phenolic OH excluding ortho intramolecular Hbond substituents is 1. The predicted octanol–water partition coefficient (Wildman–Crippen LogP) is 2.52. The van der Waals surface area contributed by atoms with Crippen LogP contribution >= 0.6 is 0 Å². The van der Waals surface area contributed by atoms with Crippen molar-refractivity contribution in [1.29, 1.82) is 0 Å². The van der Waals surface area contributed by atoms with E-state index in [1.807, 2.05) is 6.92 Å². The molecule has 0 atom stereocenters. The van der Waals surface area contributed by atoms with E-state index < -0.39 is 11.6 Å². The number of carbonyl (C=O) groups is 1. The summed E-state index contributed by atoms with van der Waals surface area (Å²) in [5, 5.41) is 9.47. The van der Waals surface area contributed by atoms with Crippen molar-refractivity contribution in [2.75, 3.05) is 6.61 Å². The molecule has 0 aromatic heterocycles. The summed E-state index contributed by atoms with van der Waals surface area (Å²) < 4.78 is 18.2. The molecule has 0 saturated carbocycles. The number of unbranched alkanes of at least 4 members (excludes halogenated alkanes) is 1. The number of aldehydes is 1. The van der Waals surface area contributed by atoms with Crippen molar-refractivity contribution >= 4 is 6.29 Å². The number of rotatable bonds is 5. The minimum atomic E-state index is -0.745. The van der Waals surface area contributed by atoms with Gasteiger partial charge in [0.25, 0.3) is 0 Å². The molecule has 1 rings (SSSR count). The van der Waals surface area contributed by atoms with Gasteiger partial charge in [0.1, 0.15) is 5.82 Å². The Labute approximate surface area is 87.5 Å². The van der Waals surface area contributed by atoms with Gasteiger partial charge in [0.2, 0.25) is 0 Å². The zero-order chi connectivity index (χ0) is 11.3. The number of phenols is 1. The lowest BCUT2D eigenvalue weighted by Crippen LogP contribution is -1.99. The molecule has 1 aromatic rings. The van der Waals surface area contributed by atoms with Gasteiger partial charge in [0, 0.05) is 0 Å². The third-order valence-electron chi connectivity index (χ3n) is 2.00. The van der Waals surface area contributed by atoms with E-state index >= 15 is 0 Å². The first-order chi connectivity index (χ1) is 7.20. The van der Waals surface area contributed by atoms with Gasteiger partial charge < -0.3 is 9.84 Å². The first kappa shape index (κ1) is 11.5. The van der Waals surface area contributed by atoms with Gasteiger partial charge in [-0.2, -0.15) is 0 Å². The maximum absolute atomic E-state index is 13.0. The van der Waals surface area contributed by atoms with Crippen LogP contribution in [0.15, 0.2) is 12.1 Å². The van der Waals surface area contributed by atoms with E-state index in [9.17, 15) is 14.3 Å². The fourth-order valence-electron chi connectivity index (χ4n) is 1.12. The summed E-state index contributed by atoms with van der Waals surface area (Å²) in [6.45, 7) is 2.44. The molecule has 0 bridgehead atoms. The molecule has 0 aliphatic heterocycles. The van der Waals surface area contributed by atoms with Gasteiger partial charge in [-0.3, -0.25) is 4.79 Å². The van der Waals surface area contributed by atoms with Crippen LogP contribution in [0.4, 0.5) is 4.39 Å². The van der Waals surface area contributed by atoms with E-state index in [4.69, 9.17) is 4.74 Å². The van der Waals surface area contributed by atoms with E-state index in [1.54, 1.807) is 0 Å². The van der Waals surface area contributed by atoms with Gasteiger partial charge in [-0.1, -0.05) is 13.3 Å². The van der Waals surface area contributed by atoms with Crippen molar-refractivity contribution in [3.8, 4) is 11.5 Å². The maximum Gasteiger partial charge on any atom is 0.171 e. The lowest BCUT2D eigenvalue weighted by Gasteiger charge is -2.08. The van der Waals surface area contributed by atoms with Crippen LogP contribution in [-0.4, -0.2) is 18.0 Å². The molecule has 0 amide bonds. The van der Waals surface area contributed by atoms with Crippen LogP contribution < -0.4 is 4.74 Å². The number of carbonyl (C=O) groups excluding carboxylic acids is 1.